The lowest BCUT2D eigenvalue weighted by atomic mass is 10.1. The van der Waals surface area contributed by atoms with Crippen LogP contribution in [0.4, 0.5) is 0 Å². The zero-order valence-corrected chi connectivity index (χ0v) is 19.6. The molecule has 0 bridgehead atoms. The van der Waals surface area contributed by atoms with Gasteiger partial charge in [-0.25, -0.2) is 0 Å². The Morgan fingerprint density at radius 1 is 1.10 bits per heavy atom. The summed E-state index contributed by atoms with van der Waals surface area (Å²) < 4.78 is 11.5. The van der Waals surface area contributed by atoms with Crippen molar-refractivity contribution in [1.82, 2.24) is 10.2 Å². The maximum Gasteiger partial charge on any atom is 0.265 e. The van der Waals surface area contributed by atoms with Gasteiger partial charge in [-0.2, -0.15) is 0 Å². The van der Waals surface area contributed by atoms with Crippen molar-refractivity contribution in [2.75, 3.05) is 13.7 Å². The first-order valence-corrected chi connectivity index (χ1v) is 10.6. The molecule has 162 valence electrons. The van der Waals surface area contributed by atoms with Gasteiger partial charge in [-0.15, -0.1) is 0 Å². The van der Waals surface area contributed by atoms with E-state index in [0.29, 0.717) is 33.7 Å². The van der Waals surface area contributed by atoms with Crippen LogP contribution >= 0.6 is 47.0 Å². The van der Waals surface area contributed by atoms with Crippen LogP contribution in [0.3, 0.4) is 0 Å². The maximum atomic E-state index is 12.4. The number of rotatable bonds is 6. The van der Waals surface area contributed by atoms with E-state index < -0.39 is 11.8 Å². The minimum Gasteiger partial charge on any atom is -0.490 e. The number of carbonyl (C=O) groups is 2. The molecular weight excluding hydrogens is 483 g/mol. The number of likely N-dealkylation sites (N-methyl/N-ethyl adjacent to an activating group) is 1. The van der Waals surface area contributed by atoms with E-state index in [-0.39, 0.29) is 22.3 Å². The molecule has 1 saturated heterocycles. The van der Waals surface area contributed by atoms with Gasteiger partial charge in [-0.3, -0.25) is 19.8 Å². The molecule has 0 spiro atoms. The van der Waals surface area contributed by atoms with E-state index in [0.717, 1.165) is 5.56 Å². The Morgan fingerprint density at radius 3 is 2.52 bits per heavy atom. The first-order valence-electron chi connectivity index (χ1n) is 9.09. The summed E-state index contributed by atoms with van der Waals surface area (Å²) in [5.41, 5.74) is 1.14. The summed E-state index contributed by atoms with van der Waals surface area (Å²) in [4.78, 5) is 25.8. The first kappa shape index (κ1) is 23.3. The van der Waals surface area contributed by atoms with E-state index in [1.54, 1.807) is 30.3 Å². The van der Waals surface area contributed by atoms with Crippen LogP contribution in [0.2, 0.25) is 15.1 Å². The van der Waals surface area contributed by atoms with Gasteiger partial charge in [0.25, 0.3) is 11.8 Å². The van der Waals surface area contributed by atoms with E-state index >= 15 is 0 Å². The average Bonchev–Trinajstić information content (AvgIpc) is 2.70. The fourth-order valence-corrected chi connectivity index (χ4v) is 3.69. The van der Waals surface area contributed by atoms with Gasteiger partial charge in [0.05, 0.1) is 11.6 Å². The monoisotopic (exact) mass is 498 g/mol. The van der Waals surface area contributed by atoms with Crippen molar-refractivity contribution in [3.63, 3.8) is 0 Å². The number of halogens is 3. The molecule has 1 N–H and O–H groups in total. The number of hydrogen-bond donors (Lipinski definition) is 1. The first-order chi connectivity index (χ1) is 14.7. The molecule has 1 fully saturated rings. The minimum atomic E-state index is -0.583. The van der Waals surface area contributed by atoms with Crippen LogP contribution in [0.1, 0.15) is 18.1 Å². The van der Waals surface area contributed by atoms with Gasteiger partial charge < -0.3 is 9.47 Å². The second-order valence-corrected chi connectivity index (χ2v) is 8.11. The smallest absolute Gasteiger partial charge is 0.265 e. The molecule has 1 heterocycles. The van der Waals surface area contributed by atoms with Crippen molar-refractivity contribution in [2.45, 2.75) is 13.5 Å². The highest BCUT2D eigenvalue weighted by atomic mass is 35.5. The second kappa shape index (κ2) is 9.87. The zero-order chi connectivity index (χ0) is 22.7. The second-order valence-electron chi connectivity index (χ2n) is 6.47. The van der Waals surface area contributed by atoms with Crippen LogP contribution in [0.5, 0.6) is 11.5 Å². The van der Waals surface area contributed by atoms with Gasteiger partial charge in [0.2, 0.25) is 0 Å². The number of nitrogens with zero attached hydrogens (tertiary/aromatic N) is 1. The van der Waals surface area contributed by atoms with Crippen LogP contribution in [-0.2, 0) is 16.2 Å². The highest BCUT2D eigenvalue weighted by molar-refractivity contribution is 7.80. The SMILES string of the molecule is CCOc1cc(/C=C2\C(=O)NC(=S)N(C)C2=O)cc(Cl)c1OCc1ccc(Cl)cc1Cl. The number of ether oxygens (including phenoxy) is 2. The largest absolute Gasteiger partial charge is 0.490 e. The van der Waals surface area contributed by atoms with E-state index in [9.17, 15) is 9.59 Å². The maximum absolute atomic E-state index is 12.4. The Bertz CT molecular complexity index is 1100. The average molecular weight is 500 g/mol. The highest BCUT2D eigenvalue weighted by Gasteiger charge is 2.31. The van der Waals surface area contributed by atoms with Gasteiger partial charge in [0, 0.05) is 22.7 Å². The molecule has 31 heavy (non-hydrogen) atoms. The van der Waals surface area contributed by atoms with Crippen molar-refractivity contribution in [2.24, 2.45) is 0 Å². The Balaban J connectivity index is 1.92. The third kappa shape index (κ3) is 5.30. The van der Waals surface area contributed by atoms with Crippen LogP contribution in [0, 0.1) is 0 Å². The van der Waals surface area contributed by atoms with E-state index in [1.807, 2.05) is 6.92 Å². The van der Waals surface area contributed by atoms with Gasteiger partial charge in [-0.1, -0.05) is 40.9 Å². The van der Waals surface area contributed by atoms with E-state index in [1.165, 1.54) is 18.0 Å². The molecule has 1 aliphatic heterocycles. The van der Waals surface area contributed by atoms with E-state index in [4.69, 9.17) is 56.5 Å². The summed E-state index contributed by atoms with van der Waals surface area (Å²) in [7, 11) is 1.48. The van der Waals surface area contributed by atoms with Crippen molar-refractivity contribution in [3.8, 4) is 11.5 Å². The predicted octanol–water partition coefficient (Wildman–Crippen LogP) is 4.88. The number of hydrogen-bond acceptors (Lipinski definition) is 5. The van der Waals surface area contributed by atoms with Gasteiger partial charge in [0.15, 0.2) is 16.6 Å². The van der Waals surface area contributed by atoms with Gasteiger partial charge in [-0.05, 0) is 55.0 Å². The molecule has 1 aliphatic rings. The quantitative estimate of drug-likeness (QED) is 0.348. The summed E-state index contributed by atoms with van der Waals surface area (Å²) in [6.07, 6.45) is 1.42. The fourth-order valence-electron chi connectivity index (χ4n) is 2.78. The molecule has 2 aromatic carbocycles. The molecule has 3 rings (SSSR count). The number of benzene rings is 2. The predicted molar refractivity (Wildman–Crippen MR) is 125 cm³/mol. The fraction of sp³-hybridized carbons (Fsp3) is 0.190. The molecule has 0 radical (unpaired) electrons. The summed E-state index contributed by atoms with van der Waals surface area (Å²) >= 11 is 23.5. The normalized spacial score (nSPS) is 15.3. The van der Waals surface area contributed by atoms with Crippen molar-refractivity contribution >= 4 is 70.0 Å². The van der Waals surface area contributed by atoms with E-state index in [2.05, 4.69) is 5.32 Å². The molecule has 2 amide bonds. The van der Waals surface area contributed by atoms with Crippen molar-refractivity contribution in [1.29, 1.82) is 0 Å². The molecule has 2 aromatic rings. The minimum absolute atomic E-state index is 0.0461. The number of thiocarbonyl (C=S) groups is 1. The molecular formula is C21H17Cl3N2O4S. The third-order valence-corrected chi connectivity index (χ3v) is 5.58. The van der Waals surface area contributed by atoms with Crippen LogP contribution in [0.15, 0.2) is 35.9 Å². The third-order valence-electron chi connectivity index (χ3n) is 4.33. The summed E-state index contributed by atoms with van der Waals surface area (Å²) in [6.45, 7) is 2.30. The summed E-state index contributed by atoms with van der Waals surface area (Å²) in [5, 5.41) is 3.74. The summed E-state index contributed by atoms with van der Waals surface area (Å²) in [5.74, 6) is -0.422. The molecule has 10 heteroatoms. The highest BCUT2D eigenvalue weighted by Crippen LogP contribution is 2.38. The Kier molecular flexibility index (Phi) is 7.43. The molecule has 0 aliphatic carbocycles. The number of carbonyl (C=O) groups excluding carboxylic acids is 2. The lowest BCUT2D eigenvalue weighted by Gasteiger charge is -2.25. The van der Waals surface area contributed by atoms with Crippen LogP contribution in [0.25, 0.3) is 6.08 Å². The molecule has 0 aromatic heterocycles. The Morgan fingerprint density at radius 2 is 1.84 bits per heavy atom. The molecule has 6 nitrogen and oxygen atoms in total. The topological polar surface area (TPSA) is 67.9 Å². The Hall–Kier alpha value is -2.32. The van der Waals surface area contributed by atoms with Crippen LogP contribution in [-0.4, -0.2) is 35.5 Å². The van der Waals surface area contributed by atoms with Crippen LogP contribution < -0.4 is 14.8 Å². The molecule has 0 saturated carbocycles. The number of amides is 2. The van der Waals surface area contributed by atoms with Gasteiger partial charge >= 0.3 is 0 Å². The standard InChI is InChI=1S/C21H17Cl3N2O4S/c1-3-29-17-8-11(6-14-19(27)25-21(31)26(2)20(14)28)7-16(24)18(17)30-10-12-4-5-13(22)9-15(12)23/h4-9H,3,10H2,1-2H3,(H,25,27,31)/b14-6+. The lowest BCUT2D eigenvalue weighted by molar-refractivity contribution is -0.128. The molecule has 0 unspecified atom stereocenters. The lowest BCUT2D eigenvalue weighted by Crippen LogP contribution is -2.52. The van der Waals surface area contributed by atoms with Crippen molar-refractivity contribution < 1.29 is 19.1 Å². The van der Waals surface area contributed by atoms with Gasteiger partial charge in [0.1, 0.15) is 12.2 Å². The number of nitrogens with one attached hydrogen (secondary N) is 1. The summed E-state index contributed by atoms with van der Waals surface area (Å²) in [6, 6.07) is 8.29. The Labute approximate surface area is 199 Å². The molecule has 0 atom stereocenters. The zero-order valence-electron chi connectivity index (χ0n) is 16.5. The van der Waals surface area contributed by atoms with Crippen molar-refractivity contribution in [3.05, 3.63) is 62.1 Å².